The standard InChI is InChI=1S/C17H15F2N3O/c1-12(22-11-10-20-21-22)17(23,13-2-6-15(18)7-3-13)14-4-8-16(19)9-5-14/h2-12,23H,1H3. The summed E-state index contributed by atoms with van der Waals surface area (Å²) in [5.74, 6) is -0.799. The smallest absolute Gasteiger partial charge is 0.137 e. The highest BCUT2D eigenvalue weighted by Gasteiger charge is 2.39. The SMILES string of the molecule is CC(n1ccnn1)C(O)(c1ccc(F)cc1)c1ccc(F)cc1. The van der Waals surface area contributed by atoms with Crippen LogP contribution in [0.25, 0.3) is 0 Å². The molecule has 0 aliphatic carbocycles. The third-order valence-electron chi connectivity index (χ3n) is 4.01. The molecule has 4 nitrogen and oxygen atoms in total. The van der Waals surface area contributed by atoms with Crippen LogP contribution in [0.1, 0.15) is 24.1 Å². The zero-order valence-electron chi connectivity index (χ0n) is 12.4. The number of hydrogen-bond acceptors (Lipinski definition) is 3. The van der Waals surface area contributed by atoms with Gasteiger partial charge in [-0.25, -0.2) is 13.5 Å². The van der Waals surface area contributed by atoms with Gasteiger partial charge in [0, 0.05) is 6.20 Å². The van der Waals surface area contributed by atoms with Gasteiger partial charge in [0.2, 0.25) is 0 Å². The molecule has 2 aromatic carbocycles. The van der Waals surface area contributed by atoms with Crippen molar-refractivity contribution in [1.82, 2.24) is 15.0 Å². The van der Waals surface area contributed by atoms with Gasteiger partial charge >= 0.3 is 0 Å². The van der Waals surface area contributed by atoms with Crippen LogP contribution >= 0.6 is 0 Å². The maximum atomic E-state index is 13.2. The van der Waals surface area contributed by atoms with Crippen molar-refractivity contribution in [3.05, 3.63) is 83.7 Å². The predicted octanol–water partition coefficient (Wildman–Crippen LogP) is 3.05. The zero-order chi connectivity index (χ0) is 16.4. The average molecular weight is 315 g/mol. The largest absolute Gasteiger partial charge is 0.378 e. The summed E-state index contributed by atoms with van der Waals surface area (Å²) in [6.07, 6.45) is 3.13. The summed E-state index contributed by atoms with van der Waals surface area (Å²) in [7, 11) is 0. The van der Waals surface area contributed by atoms with Gasteiger partial charge in [-0.3, -0.25) is 0 Å². The number of benzene rings is 2. The van der Waals surface area contributed by atoms with E-state index in [4.69, 9.17) is 0 Å². The molecule has 6 heteroatoms. The molecule has 0 amide bonds. The Morgan fingerprint density at radius 3 is 1.83 bits per heavy atom. The molecule has 1 heterocycles. The summed E-state index contributed by atoms with van der Waals surface area (Å²) in [5.41, 5.74) is -0.559. The van der Waals surface area contributed by atoms with Gasteiger partial charge in [-0.2, -0.15) is 0 Å². The van der Waals surface area contributed by atoms with Crippen LogP contribution in [0.4, 0.5) is 8.78 Å². The van der Waals surface area contributed by atoms with Gasteiger partial charge in [-0.05, 0) is 42.3 Å². The fourth-order valence-electron chi connectivity index (χ4n) is 2.67. The first-order valence-electron chi connectivity index (χ1n) is 7.12. The predicted molar refractivity (Wildman–Crippen MR) is 80.5 cm³/mol. The molecule has 1 N–H and O–H groups in total. The molecule has 0 saturated carbocycles. The quantitative estimate of drug-likeness (QED) is 0.805. The second-order valence-electron chi connectivity index (χ2n) is 5.34. The summed E-state index contributed by atoms with van der Waals surface area (Å²) in [5, 5.41) is 19.1. The van der Waals surface area contributed by atoms with Crippen LogP contribution in [0.5, 0.6) is 0 Å². The molecule has 1 atom stereocenters. The van der Waals surface area contributed by atoms with E-state index in [1.54, 1.807) is 13.1 Å². The van der Waals surface area contributed by atoms with E-state index >= 15 is 0 Å². The van der Waals surface area contributed by atoms with Crippen LogP contribution in [0.3, 0.4) is 0 Å². The fraction of sp³-hybridized carbons (Fsp3) is 0.176. The molecule has 118 valence electrons. The van der Waals surface area contributed by atoms with Gasteiger partial charge < -0.3 is 5.11 Å². The Labute approximate surface area is 132 Å². The minimum Gasteiger partial charge on any atom is -0.378 e. The van der Waals surface area contributed by atoms with Crippen LogP contribution in [0.15, 0.2) is 60.9 Å². The van der Waals surface area contributed by atoms with E-state index in [0.717, 1.165) is 0 Å². The Morgan fingerprint density at radius 1 is 0.957 bits per heavy atom. The van der Waals surface area contributed by atoms with E-state index in [9.17, 15) is 13.9 Å². The summed E-state index contributed by atoms with van der Waals surface area (Å²) < 4.78 is 28.0. The van der Waals surface area contributed by atoms with Crippen molar-refractivity contribution < 1.29 is 13.9 Å². The molecule has 1 unspecified atom stereocenters. The molecule has 0 aliphatic rings. The number of nitrogens with zero attached hydrogens (tertiary/aromatic N) is 3. The lowest BCUT2D eigenvalue weighted by Gasteiger charge is -2.35. The van der Waals surface area contributed by atoms with Crippen molar-refractivity contribution in [1.29, 1.82) is 0 Å². The molecule has 0 saturated heterocycles. The number of aromatic nitrogens is 3. The number of rotatable bonds is 4. The van der Waals surface area contributed by atoms with Crippen molar-refractivity contribution in [3.8, 4) is 0 Å². The van der Waals surface area contributed by atoms with Crippen molar-refractivity contribution >= 4 is 0 Å². The molecule has 0 bridgehead atoms. The lowest BCUT2D eigenvalue weighted by Crippen LogP contribution is -2.37. The van der Waals surface area contributed by atoms with Gasteiger partial charge in [-0.15, -0.1) is 5.10 Å². The maximum Gasteiger partial charge on any atom is 0.137 e. The van der Waals surface area contributed by atoms with E-state index in [1.807, 2.05) is 0 Å². The van der Waals surface area contributed by atoms with E-state index in [1.165, 1.54) is 59.4 Å². The van der Waals surface area contributed by atoms with Gasteiger partial charge in [0.25, 0.3) is 0 Å². The molecule has 1 aromatic heterocycles. The van der Waals surface area contributed by atoms with Crippen molar-refractivity contribution in [2.75, 3.05) is 0 Å². The van der Waals surface area contributed by atoms with Gasteiger partial charge in [0.1, 0.15) is 17.2 Å². The first-order chi connectivity index (χ1) is 11.0. The summed E-state index contributed by atoms with van der Waals surface area (Å²) in [6.45, 7) is 1.77. The first-order valence-corrected chi connectivity index (χ1v) is 7.12. The van der Waals surface area contributed by atoms with E-state index in [2.05, 4.69) is 10.3 Å². The summed E-state index contributed by atoms with van der Waals surface area (Å²) >= 11 is 0. The molecule has 0 radical (unpaired) electrons. The van der Waals surface area contributed by atoms with Crippen molar-refractivity contribution in [2.45, 2.75) is 18.6 Å². The van der Waals surface area contributed by atoms with Crippen molar-refractivity contribution in [3.63, 3.8) is 0 Å². The Bertz CT molecular complexity index is 725. The molecule has 0 aliphatic heterocycles. The zero-order valence-corrected chi connectivity index (χ0v) is 12.4. The summed E-state index contributed by atoms with van der Waals surface area (Å²) in [4.78, 5) is 0. The Balaban J connectivity index is 2.16. The van der Waals surface area contributed by atoms with Gasteiger partial charge in [0.05, 0.1) is 12.2 Å². The number of aliphatic hydroxyl groups is 1. The molecule has 23 heavy (non-hydrogen) atoms. The lowest BCUT2D eigenvalue weighted by atomic mass is 9.81. The molecular weight excluding hydrogens is 300 g/mol. The van der Waals surface area contributed by atoms with Gasteiger partial charge in [-0.1, -0.05) is 29.5 Å². The highest BCUT2D eigenvalue weighted by molar-refractivity contribution is 5.37. The Morgan fingerprint density at radius 2 is 1.43 bits per heavy atom. The van der Waals surface area contributed by atoms with Crippen LogP contribution in [0.2, 0.25) is 0 Å². The molecule has 0 fully saturated rings. The minimum absolute atomic E-state index is 0.399. The summed E-state index contributed by atoms with van der Waals surface area (Å²) in [6, 6.07) is 10.6. The highest BCUT2D eigenvalue weighted by atomic mass is 19.1. The van der Waals surface area contributed by atoms with Crippen LogP contribution in [-0.2, 0) is 5.60 Å². The normalized spacial score (nSPS) is 13.0. The lowest BCUT2D eigenvalue weighted by molar-refractivity contribution is 0.0239. The molecule has 0 spiro atoms. The van der Waals surface area contributed by atoms with E-state index in [0.29, 0.717) is 11.1 Å². The third kappa shape index (κ3) is 2.73. The van der Waals surface area contributed by atoms with Crippen LogP contribution in [0, 0.1) is 11.6 Å². The van der Waals surface area contributed by atoms with Crippen molar-refractivity contribution in [2.24, 2.45) is 0 Å². The second kappa shape index (κ2) is 5.89. The number of halogens is 2. The van der Waals surface area contributed by atoms with E-state index < -0.39 is 23.3 Å². The fourth-order valence-corrected chi connectivity index (χ4v) is 2.67. The highest BCUT2D eigenvalue weighted by Crippen LogP contribution is 2.39. The van der Waals surface area contributed by atoms with Crippen LogP contribution in [-0.4, -0.2) is 20.1 Å². The molecular formula is C17H15F2N3O. The minimum atomic E-state index is -1.52. The second-order valence-corrected chi connectivity index (χ2v) is 5.34. The molecule has 3 aromatic rings. The van der Waals surface area contributed by atoms with Gasteiger partial charge in [0.15, 0.2) is 0 Å². The topological polar surface area (TPSA) is 50.9 Å². The average Bonchev–Trinajstić information content (AvgIpc) is 3.09. The Kier molecular flexibility index (Phi) is 3.92. The Hall–Kier alpha value is -2.60. The number of hydrogen-bond donors (Lipinski definition) is 1. The van der Waals surface area contributed by atoms with E-state index in [-0.39, 0.29) is 0 Å². The molecule has 3 rings (SSSR count). The van der Waals surface area contributed by atoms with Crippen LogP contribution < -0.4 is 0 Å². The maximum absolute atomic E-state index is 13.2. The monoisotopic (exact) mass is 315 g/mol. The first kappa shape index (κ1) is 15.3. The third-order valence-corrected chi connectivity index (χ3v) is 4.01.